The van der Waals surface area contributed by atoms with E-state index < -0.39 is 23.6 Å². The second-order valence-electron chi connectivity index (χ2n) is 7.48. The van der Waals surface area contributed by atoms with Crippen molar-refractivity contribution in [3.63, 3.8) is 0 Å². The SMILES string of the molecule is N#Cc1ccc(C(=O)Nc2ccc(OC(F)(F)F)c([C@]34COCC[C@H]3CSC(N)=N4)c2)nc1. The number of rotatable bonds is 4. The lowest BCUT2D eigenvalue weighted by molar-refractivity contribution is -0.275. The zero-order valence-electron chi connectivity index (χ0n) is 17.1. The van der Waals surface area contributed by atoms with Gasteiger partial charge in [-0.1, -0.05) is 11.8 Å². The van der Waals surface area contributed by atoms with Gasteiger partial charge in [0.2, 0.25) is 0 Å². The summed E-state index contributed by atoms with van der Waals surface area (Å²) in [5, 5.41) is 11.7. The Hall–Kier alpha value is -3.30. The van der Waals surface area contributed by atoms with Crippen molar-refractivity contribution in [2.24, 2.45) is 16.6 Å². The van der Waals surface area contributed by atoms with E-state index in [1.165, 1.54) is 42.2 Å². The number of anilines is 1. The summed E-state index contributed by atoms with van der Waals surface area (Å²) < 4.78 is 49.4. The second-order valence-corrected chi connectivity index (χ2v) is 8.52. The number of carbonyl (C=O) groups excluding carboxylic acids is 1. The van der Waals surface area contributed by atoms with Crippen molar-refractivity contribution in [1.29, 1.82) is 5.26 Å². The van der Waals surface area contributed by atoms with Gasteiger partial charge in [0.25, 0.3) is 5.91 Å². The summed E-state index contributed by atoms with van der Waals surface area (Å²) in [6.45, 7) is 0.486. The molecule has 4 rings (SSSR count). The van der Waals surface area contributed by atoms with E-state index in [1.807, 2.05) is 6.07 Å². The van der Waals surface area contributed by atoms with Crippen LogP contribution in [0.2, 0.25) is 0 Å². The van der Waals surface area contributed by atoms with Gasteiger partial charge in [-0.2, -0.15) is 5.26 Å². The third-order valence-corrected chi connectivity index (χ3v) is 6.36. The largest absolute Gasteiger partial charge is 0.573 e. The van der Waals surface area contributed by atoms with Crippen LogP contribution in [0.5, 0.6) is 5.75 Å². The van der Waals surface area contributed by atoms with E-state index in [0.29, 0.717) is 18.8 Å². The molecule has 2 aliphatic rings. The number of benzene rings is 1. The molecule has 1 saturated heterocycles. The molecule has 0 unspecified atom stereocenters. The molecule has 0 spiro atoms. The number of nitrogens with one attached hydrogen (secondary N) is 1. The molecule has 1 aromatic heterocycles. The highest BCUT2D eigenvalue weighted by Crippen LogP contribution is 2.48. The Morgan fingerprint density at radius 2 is 2.18 bits per heavy atom. The average Bonchev–Trinajstić information content (AvgIpc) is 2.79. The van der Waals surface area contributed by atoms with Crippen LogP contribution in [0.4, 0.5) is 18.9 Å². The molecule has 0 saturated carbocycles. The number of alkyl halides is 3. The predicted molar refractivity (Wildman–Crippen MR) is 115 cm³/mol. The highest BCUT2D eigenvalue weighted by molar-refractivity contribution is 8.13. The van der Waals surface area contributed by atoms with Gasteiger partial charge >= 0.3 is 6.36 Å². The molecular formula is C21H18F3N5O3S. The van der Waals surface area contributed by atoms with Crippen LogP contribution >= 0.6 is 11.8 Å². The van der Waals surface area contributed by atoms with Gasteiger partial charge in [0.15, 0.2) is 5.17 Å². The van der Waals surface area contributed by atoms with Crippen LogP contribution in [-0.4, -0.2) is 41.4 Å². The fraction of sp³-hybridized carbons (Fsp3) is 0.333. The Kier molecular flexibility index (Phi) is 6.18. The van der Waals surface area contributed by atoms with Crippen LogP contribution < -0.4 is 15.8 Å². The summed E-state index contributed by atoms with van der Waals surface area (Å²) in [7, 11) is 0. The lowest BCUT2D eigenvalue weighted by atomic mass is 9.76. The van der Waals surface area contributed by atoms with Gasteiger partial charge in [0.1, 0.15) is 23.1 Å². The molecule has 2 aliphatic heterocycles. The van der Waals surface area contributed by atoms with Gasteiger partial charge in [-0.3, -0.25) is 4.79 Å². The number of hydrogen-bond donors (Lipinski definition) is 2. The summed E-state index contributed by atoms with van der Waals surface area (Å²) in [5.41, 5.74) is 5.45. The molecule has 0 bridgehead atoms. The fourth-order valence-electron chi connectivity index (χ4n) is 3.88. The maximum Gasteiger partial charge on any atom is 0.573 e. The molecule has 33 heavy (non-hydrogen) atoms. The van der Waals surface area contributed by atoms with Crippen molar-refractivity contribution in [2.45, 2.75) is 18.3 Å². The molecule has 3 N–H and O–H groups in total. The lowest BCUT2D eigenvalue weighted by Gasteiger charge is -2.44. The van der Waals surface area contributed by atoms with Crippen LogP contribution in [0.1, 0.15) is 28.0 Å². The first kappa shape index (κ1) is 22.9. The number of fused-ring (bicyclic) bond motifs is 1. The number of carbonyl (C=O) groups is 1. The third kappa shape index (κ3) is 4.89. The minimum atomic E-state index is -4.92. The topological polar surface area (TPSA) is 123 Å². The number of nitrogens with two attached hydrogens (primary N) is 1. The van der Waals surface area contributed by atoms with Crippen LogP contribution in [0, 0.1) is 17.2 Å². The van der Waals surface area contributed by atoms with Crippen LogP contribution in [-0.2, 0) is 10.3 Å². The monoisotopic (exact) mass is 477 g/mol. The molecule has 12 heteroatoms. The van der Waals surface area contributed by atoms with Crippen molar-refractivity contribution < 1.29 is 27.4 Å². The van der Waals surface area contributed by atoms with E-state index >= 15 is 0 Å². The summed E-state index contributed by atoms with van der Waals surface area (Å²) in [4.78, 5) is 21.1. The maximum atomic E-state index is 13.2. The Labute approximate surface area is 191 Å². The van der Waals surface area contributed by atoms with Gasteiger partial charge in [-0.15, -0.1) is 13.2 Å². The van der Waals surface area contributed by atoms with Gasteiger partial charge in [-0.25, -0.2) is 9.98 Å². The first-order chi connectivity index (χ1) is 15.7. The van der Waals surface area contributed by atoms with Crippen molar-refractivity contribution in [3.05, 3.63) is 53.3 Å². The molecule has 1 aromatic carbocycles. The van der Waals surface area contributed by atoms with Crippen molar-refractivity contribution >= 4 is 28.5 Å². The zero-order chi connectivity index (χ0) is 23.6. The van der Waals surface area contributed by atoms with E-state index in [1.54, 1.807) is 0 Å². The Bertz CT molecular complexity index is 1130. The molecule has 2 atom stereocenters. The molecular weight excluding hydrogens is 459 g/mol. The standard InChI is InChI=1S/C21H18F3N5O3S/c22-21(23,24)32-17-4-2-14(28-18(30)16-3-1-12(8-25)9-27-16)7-15(17)20-11-31-6-5-13(20)10-33-19(26)29-20/h1-4,7,9,13H,5-6,10-11H2,(H2,26,29)(H,28,30)/t13-,20-/m0/s1. The van der Waals surface area contributed by atoms with E-state index in [4.69, 9.17) is 15.7 Å². The molecule has 1 amide bonds. The van der Waals surface area contributed by atoms with Gasteiger partial charge in [0.05, 0.1) is 12.2 Å². The molecule has 1 fully saturated rings. The Morgan fingerprint density at radius 3 is 2.88 bits per heavy atom. The number of amidine groups is 1. The van der Waals surface area contributed by atoms with Crippen LogP contribution in [0.15, 0.2) is 41.5 Å². The Morgan fingerprint density at radius 1 is 1.36 bits per heavy atom. The van der Waals surface area contributed by atoms with E-state index in [0.717, 1.165) is 6.07 Å². The van der Waals surface area contributed by atoms with Crippen LogP contribution in [0.3, 0.4) is 0 Å². The number of amides is 1. The first-order valence-electron chi connectivity index (χ1n) is 9.84. The summed E-state index contributed by atoms with van der Waals surface area (Å²) in [6.07, 6.45) is -3.09. The van der Waals surface area contributed by atoms with Crippen molar-refractivity contribution in [2.75, 3.05) is 24.3 Å². The first-order valence-corrected chi connectivity index (χ1v) is 10.8. The number of nitriles is 1. The van der Waals surface area contributed by atoms with Crippen LogP contribution in [0.25, 0.3) is 0 Å². The highest BCUT2D eigenvalue weighted by Gasteiger charge is 2.48. The molecule has 2 aromatic rings. The molecule has 8 nitrogen and oxygen atoms in total. The summed E-state index contributed by atoms with van der Waals surface area (Å²) >= 11 is 1.34. The molecule has 172 valence electrons. The number of aliphatic imine (C=N–C) groups is 1. The van der Waals surface area contributed by atoms with E-state index in [9.17, 15) is 18.0 Å². The normalized spacial score (nSPS) is 22.5. The van der Waals surface area contributed by atoms with Gasteiger partial charge in [-0.05, 0) is 36.8 Å². The zero-order valence-corrected chi connectivity index (χ0v) is 17.9. The highest BCUT2D eigenvalue weighted by atomic mass is 32.2. The summed E-state index contributed by atoms with van der Waals surface area (Å²) in [6, 6.07) is 8.56. The summed E-state index contributed by atoms with van der Waals surface area (Å²) in [5.74, 6) is -0.595. The maximum absolute atomic E-state index is 13.2. The van der Waals surface area contributed by atoms with E-state index in [-0.39, 0.29) is 40.2 Å². The Balaban J connectivity index is 1.74. The molecule has 0 radical (unpaired) electrons. The van der Waals surface area contributed by atoms with Crippen molar-refractivity contribution in [3.8, 4) is 11.8 Å². The number of thioether (sulfide) groups is 1. The molecule has 3 heterocycles. The minimum absolute atomic E-state index is 0.0295. The fourth-order valence-corrected chi connectivity index (χ4v) is 4.92. The smallest absolute Gasteiger partial charge is 0.405 e. The second kappa shape index (κ2) is 8.92. The minimum Gasteiger partial charge on any atom is -0.405 e. The predicted octanol–water partition coefficient (Wildman–Crippen LogP) is 3.40. The molecule has 0 aliphatic carbocycles. The van der Waals surface area contributed by atoms with E-state index in [2.05, 4.69) is 20.0 Å². The number of nitrogens with zero attached hydrogens (tertiary/aromatic N) is 3. The quantitative estimate of drug-likeness (QED) is 0.692. The lowest BCUT2D eigenvalue weighted by Crippen LogP contribution is -2.47. The number of halogens is 3. The number of pyridine rings is 1. The number of ether oxygens (including phenoxy) is 2. The number of aromatic nitrogens is 1. The van der Waals surface area contributed by atoms with Crippen molar-refractivity contribution in [1.82, 2.24) is 4.98 Å². The van der Waals surface area contributed by atoms with Gasteiger partial charge in [0, 0.05) is 35.7 Å². The van der Waals surface area contributed by atoms with Gasteiger partial charge < -0.3 is 20.5 Å². The average molecular weight is 477 g/mol. The third-order valence-electron chi connectivity index (χ3n) is 5.40. The number of hydrogen-bond acceptors (Lipinski definition) is 8.